The van der Waals surface area contributed by atoms with Gasteiger partial charge in [0.05, 0.1) is 6.10 Å². The molecule has 0 heterocycles. The largest absolute Gasteiger partial charge is 0.390 e. The predicted molar refractivity (Wildman–Crippen MR) is 61.4 cm³/mol. The molecule has 1 rings (SSSR count). The molecule has 0 spiro atoms. The zero-order valence-corrected chi connectivity index (χ0v) is 9.78. The number of hydrogen-bond donors (Lipinski definition) is 1. The first-order chi connectivity index (χ1) is 7.43. The van der Waals surface area contributed by atoms with Crippen molar-refractivity contribution in [2.75, 3.05) is 11.9 Å². The zero-order valence-electron chi connectivity index (χ0n) is 9.02. The molecule has 2 unspecified atom stereocenters. The normalized spacial score (nSPS) is 14.3. The Labute approximate surface area is 98.4 Å². The molecule has 0 fully saturated rings. The topological polar surface area (TPSA) is 40.5 Å². The molecule has 0 aliphatic rings. The standard InChI is InChI=1S/C11H13ClFNO2/c1-7(15)10(13)11(16)14(2)9-5-3-8(12)4-6-9/h3-7,10,15H,1-2H3. The van der Waals surface area contributed by atoms with Crippen molar-refractivity contribution < 1.29 is 14.3 Å². The summed E-state index contributed by atoms with van der Waals surface area (Å²) in [5.41, 5.74) is 0.526. The van der Waals surface area contributed by atoms with Gasteiger partial charge in [0.25, 0.3) is 5.91 Å². The number of hydrogen-bond acceptors (Lipinski definition) is 2. The number of carbonyl (C=O) groups excluding carboxylic acids is 1. The van der Waals surface area contributed by atoms with Gasteiger partial charge in [0.2, 0.25) is 6.17 Å². The van der Waals surface area contributed by atoms with Gasteiger partial charge in [-0.05, 0) is 31.2 Å². The average molecular weight is 246 g/mol. The number of rotatable bonds is 3. The fourth-order valence-corrected chi connectivity index (χ4v) is 1.31. The fourth-order valence-electron chi connectivity index (χ4n) is 1.18. The van der Waals surface area contributed by atoms with Crippen molar-refractivity contribution in [3.63, 3.8) is 0 Å². The Bertz CT molecular complexity index is 367. The number of aliphatic hydroxyl groups is 1. The maximum absolute atomic E-state index is 13.3. The third-order valence-electron chi connectivity index (χ3n) is 2.20. The third kappa shape index (κ3) is 2.93. The molecule has 0 saturated carbocycles. The summed E-state index contributed by atoms with van der Waals surface area (Å²) < 4.78 is 13.3. The van der Waals surface area contributed by atoms with Crippen LogP contribution >= 0.6 is 11.6 Å². The molecule has 0 aromatic heterocycles. The monoisotopic (exact) mass is 245 g/mol. The van der Waals surface area contributed by atoms with Crippen molar-refractivity contribution in [2.24, 2.45) is 0 Å². The van der Waals surface area contributed by atoms with Crippen molar-refractivity contribution in [1.29, 1.82) is 0 Å². The van der Waals surface area contributed by atoms with E-state index in [0.717, 1.165) is 4.90 Å². The minimum Gasteiger partial charge on any atom is -0.390 e. The third-order valence-corrected chi connectivity index (χ3v) is 2.46. The van der Waals surface area contributed by atoms with E-state index in [2.05, 4.69) is 0 Å². The van der Waals surface area contributed by atoms with Crippen molar-refractivity contribution in [2.45, 2.75) is 19.2 Å². The second-order valence-corrected chi connectivity index (χ2v) is 3.95. The quantitative estimate of drug-likeness (QED) is 0.885. The smallest absolute Gasteiger partial charge is 0.263 e. The number of carbonyl (C=O) groups is 1. The van der Waals surface area contributed by atoms with E-state index < -0.39 is 18.2 Å². The molecule has 88 valence electrons. The van der Waals surface area contributed by atoms with Crippen LogP contribution in [-0.4, -0.2) is 30.3 Å². The van der Waals surface area contributed by atoms with Crippen LogP contribution in [0.2, 0.25) is 5.02 Å². The first-order valence-corrected chi connectivity index (χ1v) is 5.16. The maximum Gasteiger partial charge on any atom is 0.263 e. The number of alkyl halides is 1. The van der Waals surface area contributed by atoms with Gasteiger partial charge in [-0.3, -0.25) is 4.79 Å². The van der Waals surface area contributed by atoms with E-state index in [1.807, 2.05) is 0 Å². The zero-order chi connectivity index (χ0) is 12.3. The van der Waals surface area contributed by atoms with Crippen LogP contribution in [0.25, 0.3) is 0 Å². The van der Waals surface area contributed by atoms with E-state index in [-0.39, 0.29) is 0 Å². The van der Waals surface area contributed by atoms with Gasteiger partial charge in [0.1, 0.15) is 0 Å². The lowest BCUT2D eigenvalue weighted by Crippen LogP contribution is -2.39. The van der Waals surface area contributed by atoms with Crippen LogP contribution in [0.5, 0.6) is 0 Å². The molecule has 0 radical (unpaired) electrons. The predicted octanol–water partition coefficient (Wildman–Crippen LogP) is 2.02. The summed E-state index contributed by atoms with van der Waals surface area (Å²) in [5, 5.41) is 9.53. The highest BCUT2D eigenvalue weighted by Gasteiger charge is 2.26. The van der Waals surface area contributed by atoms with Crippen LogP contribution in [0.3, 0.4) is 0 Å². The van der Waals surface area contributed by atoms with Crippen molar-refractivity contribution >= 4 is 23.2 Å². The maximum atomic E-state index is 13.3. The van der Waals surface area contributed by atoms with E-state index >= 15 is 0 Å². The van der Waals surface area contributed by atoms with Crippen LogP contribution in [0.1, 0.15) is 6.92 Å². The van der Waals surface area contributed by atoms with Gasteiger partial charge >= 0.3 is 0 Å². The van der Waals surface area contributed by atoms with Crippen molar-refractivity contribution in [1.82, 2.24) is 0 Å². The number of amides is 1. The molecule has 0 bridgehead atoms. The summed E-state index contributed by atoms with van der Waals surface area (Å²) in [6, 6.07) is 6.43. The number of aliphatic hydroxyl groups excluding tert-OH is 1. The molecule has 1 aromatic rings. The molecule has 3 nitrogen and oxygen atoms in total. The lowest BCUT2D eigenvalue weighted by molar-refractivity contribution is -0.126. The summed E-state index contributed by atoms with van der Waals surface area (Å²) >= 11 is 5.69. The summed E-state index contributed by atoms with van der Waals surface area (Å²) in [4.78, 5) is 12.7. The summed E-state index contributed by atoms with van der Waals surface area (Å²) in [6.07, 6.45) is -3.23. The number of nitrogens with zero attached hydrogens (tertiary/aromatic N) is 1. The van der Waals surface area contributed by atoms with Crippen molar-refractivity contribution in [3.05, 3.63) is 29.3 Å². The Kier molecular flexibility index (Phi) is 4.26. The Morgan fingerprint density at radius 1 is 1.44 bits per heavy atom. The lowest BCUT2D eigenvalue weighted by atomic mass is 10.2. The molecule has 16 heavy (non-hydrogen) atoms. The number of benzene rings is 1. The molecule has 5 heteroatoms. The Morgan fingerprint density at radius 2 is 1.94 bits per heavy atom. The first-order valence-electron chi connectivity index (χ1n) is 4.78. The van der Waals surface area contributed by atoms with Gasteiger partial charge in [0.15, 0.2) is 0 Å². The van der Waals surface area contributed by atoms with Gasteiger partial charge in [-0.15, -0.1) is 0 Å². The van der Waals surface area contributed by atoms with Gasteiger partial charge in [-0.25, -0.2) is 4.39 Å². The summed E-state index contributed by atoms with van der Waals surface area (Å²) in [5.74, 6) is -0.780. The molecule has 1 aromatic carbocycles. The molecule has 1 amide bonds. The first kappa shape index (κ1) is 12.9. The summed E-state index contributed by atoms with van der Waals surface area (Å²) in [6.45, 7) is 1.23. The van der Waals surface area contributed by atoms with Crippen molar-refractivity contribution in [3.8, 4) is 0 Å². The lowest BCUT2D eigenvalue weighted by Gasteiger charge is -2.20. The van der Waals surface area contributed by atoms with Gasteiger partial charge in [-0.1, -0.05) is 11.6 Å². The Morgan fingerprint density at radius 3 is 2.38 bits per heavy atom. The van der Waals surface area contributed by atoms with Crippen LogP contribution < -0.4 is 4.90 Å². The van der Waals surface area contributed by atoms with Gasteiger partial charge < -0.3 is 10.0 Å². The number of anilines is 1. The van der Waals surface area contributed by atoms with Crippen LogP contribution in [-0.2, 0) is 4.79 Å². The van der Waals surface area contributed by atoms with Crippen LogP contribution in [0.4, 0.5) is 10.1 Å². The van der Waals surface area contributed by atoms with E-state index in [4.69, 9.17) is 16.7 Å². The van der Waals surface area contributed by atoms with E-state index in [9.17, 15) is 9.18 Å². The highest BCUT2D eigenvalue weighted by Crippen LogP contribution is 2.18. The van der Waals surface area contributed by atoms with Gasteiger partial charge in [-0.2, -0.15) is 0 Å². The summed E-state index contributed by atoms with van der Waals surface area (Å²) in [7, 11) is 1.44. The minimum atomic E-state index is -1.92. The molecular weight excluding hydrogens is 233 g/mol. The molecule has 1 N–H and O–H groups in total. The molecule has 0 aliphatic heterocycles. The molecular formula is C11H13ClFNO2. The average Bonchev–Trinajstić information content (AvgIpc) is 2.27. The second kappa shape index (κ2) is 5.27. The highest BCUT2D eigenvalue weighted by molar-refractivity contribution is 6.30. The number of halogens is 2. The van der Waals surface area contributed by atoms with Crippen LogP contribution in [0.15, 0.2) is 24.3 Å². The van der Waals surface area contributed by atoms with E-state index in [0.29, 0.717) is 10.7 Å². The molecule has 0 saturated heterocycles. The van der Waals surface area contributed by atoms with Crippen LogP contribution in [0, 0.1) is 0 Å². The highest BCUT2D eigenvalue weighted by atomic mass is 35.5. The Balaban J connectivity index is 2.82. The van der Waals surface area contributed by atoms with E-state index in [1.54, 1.807) is 24.3 Å². The second-order valence-electron chi connectivity index (χ2n) is 3.52. The molecule has 2 atom stereocenters. The fraction of sp³-hybridized carbons (Fsp3) is 0.364. The van der Waals surface area contributed by atoms with E-state index in [1.165, 1.54) is 14.0 Å². The van der Waals surface area contributed by atoms with Gasteiger partial charge in [0, 0.05) is 17.8 Å². The minimum absolute atomic E-state index is 0.526. The Hall–Kier alpha value is -1.13. The molecule has 0 aliphatic carbocycles. The SMILES string of the molecule is CC(O)C(F)C(=O)N(C)c1ccc(Cl)cc1.